The van der Waals surface area contributed by atoms with Gasteiger partial charge in [0.1, 0.15) is 4.47 Å². The standard InChI is InChI=1S/C13H15Br2N5O2.ClH/c1-6(2)19-9-3-8(14)10(15)12(20(21)22)11(9)18-13(19)17-7-4-16-5-7;/h3,6-7,16H,4-5H2,1-2H3,(H,17,18);1H. The minimum Gasteiger partial charge on any atom is -0.350 e. The predicted molar refractivity (Wildman–Crippen MR) is 99.7 cm³/mol. The van der Waals surface area contributed by atoms with Gasteiger partial charge in [-0.25, -0.2) is 4.98 Å². The molecule has 2 heterocycles. The lowest BCUT2D eigenvalue weighted by molar-refractivity contribution is -0.384. The monoisotopic (exact) mass is 467 g/mol. The number of hydrogen-bond donors (Lipinski definition) is 2. The summed E-state index contributed by atoms with van der Waals surface area (Å²) in [6.07, 6.45) is 0. The van der Waals surface area contributed by atoms with Crippen molar-refractivity contribution in [2.45, 2.75) is 25.9 Å². The number of imidazole rings is 1. The van der Waals surface area contributed by atoms with Crippen LogP contribution in [0.3, 0.4) is 0 Å². The summed E-state index contributed by atoms with van der Waals surface area (Å²) >= 11 is 6.66. The van der Waals surface area contributed by atoms with Crippen molar-refractivity contribution in [3.05, 3.63) is 25.1 Å². The number of benzene rings is 1. The average molecular weight is 470 g/mol. The van der Waals surface area contributed by atoms with Crippen LogP contribution in [0.1, 0.15) is 19.9 Å². The van der Waals surface area contributed by atoms with Crippen LogP contribution in [-0.2, 0) is 0 Å². The lowest BCUT2D eigenvalue weighted by Gasteiger charge is -2.29. The van der Waals surface area contributed by atoms with E-state index in [2.05, 4.69) is 47.5 Å². The molecule has 0 spiro atoms. The largest absolute Gasteiger partial charge is 0.350 e. The maximum Gasteiger partial charge on any atom is 0.312 e. The van der Waals surface area contributed by atoms with E-state index in [0.717, 1.165) is 18.6 Å². The highest BCUT2D eigenvalue weighted by molar-refractivity contribution is 9.13. The van der Waals surface area contributed by atoms with Gasteiger partial charge in [-0.15, -0.1) is 12.4 Å². The van der Waals surface area contributed by atoms with Gasteiger partial charge in [-0.1, -0.05) is 0 Å². The maximum absolute atomic E-state index is 11.4. The molecule has 126 valence electrons. The number of nitrogens with one attached hydrogen (secondary N) is 2. The van der Waals surface area contributed by atoms with Crippen LogP contribution in [0.25, 0.3) is 11.0 Å². The third-order valence-corrected chi connectivity index (χ3v) is 5.63. The molecule has 1 fully saturated rings. The van der Waals surface area contributed by atoms with Crippen LogP contribution in [0.2, 0.25) is 0 Å². The van der Waals surface area contributed by atoms with Gasteiger partial charge in [0.15, 0.2) is 5.52 Å². The molecule has 3 rings (SSSR count). The molecule has 1 aromatic heterocycles. The Morgan fingerprint density at radius 1 is 1.48 bits per heavy atom. The van der Waals surface area contributed by atoms with Crippen LogP contribution < -0.4 is 10.6 Å². The highest BCUT2D eigenvalue weighted by Crippen LogP contribution is 2.40. The Morgan fingerprint density at radius 3 is 2.61 bits per heavy atom. The molecule has 7 nitrogen and oxygen atoms in total. The molecule has 23 heavy (non-hydrogen) atoms. The second kappa shape index (κ2) is 6.92. The summed E-state index contributed by atoms with van der Waals surface area (Å²) in [5.41, 5.74) is 1.12. The zero-order chi connectivity index (χ0) is 16.0. The van der Waals surface area contributed by atoms with E-state index in [4.69, 9.17) is 0 Å². The summed E-state index contributed by atoms with van der Waals surface area (Å²) in [5, 5.41) is 18.0. The SMILES string of the molecule is CC(C)n1c(NC2CNC2)nc2c([N+](=O)[O-])c(Br)c(Br)cc21.Cl. The number of rotatable bonds is 4. The van der Waals surface area contributed by atoms with Gasteiger partial charge in [-0.05, 0) is 51.8 Å². The molecule has 10 heteroatoms. The average Bonchev–Trinajstić information content (AvgIpc) is 2.72. The number of anilines is 1. The molecular formula is C13H16Br2ClN5O2. The van der Waals surface area contributed by atoms with Crippen molar-refractivity contribution in [3.63, 3.8) is 0 Å². The number of nitro groups is 1. The third kappa shape index (κ3) is 3.19. The van der Waals surface area contributed by atoms with Crippen molar-refractivity contribution >= 4 is 66.9 Å². The zero-order valence-corrected chi connectivity index (χ0v) is 16.5. The topological polar surface area (TPSA) is 85.0 Å². The predicted octanol–water partition coefficient (Wildman–Crippen LogP) is 3.86. The highest BCUT2D eigenvalue weighted by Gasteiger charge is 2.28. The summed E-state index contributed by atoms with van der Waals surface area (Å²) in [6, 6.07) is 2.30. The van der Waals surface area contributed by atoms with Crippen LogP contribution in [-0.4, -0.2) is 33.6 Å². The first-order chi connectivity index (χ1) is 10.4. The maximum atomic E-state index is 11.4. The van der Waals surface area contributed by atoms with Crippen LogP contribution in [0.15, 0.2) is 15.0 Å². The van der Waals surface area contributed by atoms with E-state index in [1.807, 2.05) is 24.5 Å². The Labute approximate surface area is 156 Å². The molecule has 1 aliphatic rings. The van der Waals surface area contributed by atoms with Gasteiger partial charge in [0.05, 0.1) is 16.5 Å². The van der Waals surface area contributed by atoms with Gasteiger partial charge in [0, 0.05) is 23.6 Å². The summed E-state index contributed by atoms with van der Waals surface area (Å²) in [7, 11) is 0. The molecule has 0 bridgehead atoms. The number of nitrogens with zero attached hydrogens (tertiary/aromatic N) is 3. The molecule has 1 aromatic carbocycles. The van der Waals surface area contributed by atoms with Crippen molar-refractivity contribution < 1.29 is 4.92 Å². The van der Waals surface area contributed by atoms with Crippen molar-refractivity contribution in [3.8, 4) is 0 Å². The van der Waals surface area contributed by atoms with Crippen LogP contribution in [0, 0.1) is 10.1 Å². The lowest BCUT2D eigenvalue weighted by atomic mass is 10.2. The molecule has 0 amide bonds. The molecule has 1 aliphatic heterocycles. The smallest absolute Gasteiger partial charge is 0.312 e. The summed E-state index contributed by atoms with van der Waals surface area (Å²) < 4.78 is 3.05. The van der Waals surface area contributed by atoms with E-state index in [1.165, 1.54) is 0 Å². The Kier molecular flexibility index (Phi) is 5.55. The van der Waals surface area contributed by atoms with Gasteiger partial charge in [0.25, 0.3) is 0 Å². The fourth-order valence-electron chi connectivity index (χ4n) is 2.52. The van der Waals surface area contributed by atoms with Gasteiger partial charge >= 0.3 is 5.69 Å². The van der Waals surface area contributed by atoms with Gasteiger partial charge < -0.3 is 15.2 Å². The van der Waals surface area contributed by atoms with E-state index >= 15 is 0 Å². The second-order valence-electron chi connectivity index (χ2n) is 5.54. The number of hydrogen-bond acceptors (Lipinski definition) is 5. The van der Waals surface area contributed by atoms with E-state index < -0.39 is 4.92 Å². The molecule has 0 aliphatic carbocycles. The fraction of sp³-hybridized carbons (Fsp3) is 0.462. The summed E-state index contributed by atoms with van der Waals surface area (Å²) in [6.45, 7) is 5.81. The number of nitro benzene ring substituents is 1. The van der Waals surface area contributed by atoms with Crippen LogP contribution in [0.4, 0.5) is 11.6 Å². The minimum atomic E-state index is -0.399. The van der Waals surface area contributed by atoms with Gasteiger partial charge in [0.2, 0.25) is 5.95 Å². The quantitative estimate of drug-likeness (QED) is 0.525. The second-order valence-corrected chi connectivity index (χ2v) is 7.19. The molecule has 1 saturated heterocycles. The van der Waals surface area contributed by atoms with E-state index in [1.54, 1.807) is 0 Å². The number of halogens is 3. The van der Waals surface area contributed by atoms with Crippen LogP contribution >= 0.6 is 44.3 Å². The Balaban J connectivity index is 0.00000192. The van der Waals surface area contributed by atoms with E-state index in [0.29, 0.717) is 26.5 Å². The van der Waals surface area contributed by atoms with E-state index in [9.17, 15) is 10.1 Å². The first-order valence-electron chi connectivity index (χ1n) is 6.91. The first kappa shape index (κ1) is 18.4. The lowest BCUT2D eigenvalue weighted by Crippen LogP contribution is -2.51. The zero-order valence-electron chi connectivity index (χ0n) is 12.5. The summed E-state index contributed by atoms with van der Waals surface area (Å²) in [5.74, 6) is 0.671. The molecule has 0 radical (unpaired) electrons. The molecule has 0 unspecified atom stereocenters. The Hall–Kier alpha value is -0.900. The Morgan fingerprint density at radius 2 is 2.13 bits per heavy atom. The number of aromatic nitrogens is 2. The first-order valence-corrected chi connectivity index (χ1v) is 8.50. The number of fused-ring (bicyclic) bond motifs is 1. The highest BCUT2D eigenvalue weighted by atomic mass is 79.9. The molecular weight excluding hydrogens is 453 g/mol. The van der Waals surface area contributed by atoms with Gasteiger partial charge in [-0.2, -0.15) is 0 Å². The van der Waals surface area contributed by atoms with Crippen LogP contribution in [0.5, 0.6) is 0 Å². The molecule has 0 saturated carbocycles. The third-order valence-electron chi connectivity index (χ3n) is 3.67. The van der Waals surface area contributed by atoms with Crippen molar-refractivity contribution in [1.82, 2.24) is 14.9 Å². The van der Waals surface area contributed by atoms with Crippen molar-refractivity contribution in [2.75, 3.05) is 18.4 Å². The summed E-state index contributed by atoms with van der Waals surface area (Å²) in [4.78, 5) is 15.6. The van der Waals surface area contributed by atoms with Crippen molar-refractivity contribution in [1.29, 1.82) is 0 Å². The minimum absolute atomic E-state index is 0. The van der Waals surface area contributed by atoms with Crippen molar-refractivity contribution in [2.24, 2.45) is 0 Å². The van der Waals surface area contributed by atoms with E-state index in [-0.39, 0.29) is 24.1 Å². The van der Waals surface area contributed by atoms with Gasteiger partial charge in [-0.3, -0.25) is 10.1 Å². The fourth-order valence-corrected chi connectivity index (χ4v) is 3.37. The molecule has 2 N–H and O–H groups in total. The Bertz CT molecular complexity index is 761. The molecule has 2 aromatic rings. The molecule has 0 atom stereocenters. The normalized spacial score (nSPS) is 14.7.